The molecule has 0 fully saturated rings. The highest BCUT2D eigenvalue weighted by molar-refractivity contribution is 14.0. The third-order valence-corrected chi connectivity index (χ3v) is 3.58. The molecule has 0 saturated heterocycles. The maximum absolute atomic E-state index is 5.60. The molecule has 0 heterocycles. The van der Waals surface area contributed by atoms with E-state index in [0.29, 0.717) is 25.1 Å². The zero-order valence-corrected chi connectivity index (χ0v) is 17.3. The maximum atomic E-state index is 5.60. The van der Waals surface area contributed by atoms with Crippen molar-refractivity contribution in [1.82, 2.24) is 10.6 Å². The number of nitrogens with zero attached hydrogens (tertiary/aromatic N) is 1. The van der Waals surface area contributed by atoms with Crippen LogP contribution in [-0.4, -0.2) is 32.8 Å². The van der Waals surface area contributed by atoms with E-state index in [4.69, 9.17) is 9.47 Å². The zero-order valence-electron chi connectivity index (χ0n) is 15.0. The minimum absolute atomic E-state index is 0. The normalized spacial score (nSPS) is 12.4. The van der Waals surface area contributed by atoms with Crippen LogP contribution in [0.2, 0.25) is 0 Å². The third-order valence-electron chi connectivity index (χ3n) is 3.58. The van der Waals surface area contributed by atoms with Crippen LogP contribution in [0.15, 0.2) is 23.2 Å². The first kappa shape index (κ1) is 21.8. The van der Waals surface area contributed by atoms with Crippen LogP contribution < -0.4 is 20.1 Å². The molecule has 1 rings (SSSR count). The molecule has 0 aliphatic heterocycles. The highest BCUT2D eigenvalue weighted by atomic mass is 127. The van der Waals surface area contributed by atoms with Crippen molar-refractivity contribution < 1.29 is 9.47 Å². The molecule has 1 atom stereocenters. The van der Waals surface area contributed by atoms with E-state index >= 15 is 0 Å². The number of hydrogen-bond donors (Lipinski definition) is 2. The lowest BCUT2D eigenvalue weighted by Crippen LogP contribution is -2.43. The van der Waals surface area contributed by atoms with E-state index in [1.807, 2.05) is 25.1 Å². The Kier molecular flexibility index (Phi) is 10.8. The predicted octanol–water partition coefficient (Wildman–Crippen LogP) is 3.42. The minimum atomic E-state index is 0. The van der Waals surface area contributed by atoms with Gasteiger partial charge in [-0.3, -0.25) is 4.99 Å². The van der Waals surface area contributed by atoms with Crippen LogP contribution in [0.5, 0.6) is 11.5 Å². The van der Waals surface area contributed by atoms with Gasteiger partial charge >= 0.3 is 0 Å². The molecule has 1 aromatic rings. The lowest BCUT2D eigenvalue weighted by molar-refractivity contribution is 0.310. The van der Waals surface area contributed by atoms with Gasteiger partial charge in [-0.25, -0.2) is 0 Å². The summed E-state index contributed by atoms with van der Waals surface area (Å²) in [5, 5.41) is 6.70. The summed E-state index contributed by atoms with van der Waals surface area (Å²) in [6, 6.07) is 6.30. The topological polar surface area (TPSA) is 54.9 Å². The first-order chi connectivity index (χ1) is 10.5. The van der Waals surface area contributed by atoms with Gasteiger partial charge in [0.2, 0.25) is 0 Å². The van der Waals surface area contributed by atoms with Crippen LogP contribution in [0.25, 0.3) is 0 Å². The Bertz CT molecular complexity index is 493. The number of guanidine groups is 1. The smallest absolute Gasteiger partial charge is 0.191 e. The number of methoxy groups -OCH3 is 1. The van der Waals surface area contributed by atoms with Crippen molar-refractivity contribution >= 4 is 29.9 Å². The van der Waals surface area contributed by atoms with Crippen LogP contribution in [0.4, 0.5) is 0 Å². The van der Waals surface area contributed by atoms with Gasteiger partial charge in [-0.1, -0.05) is 19.9 Å². The fourth-order valence-corrected chi connectivity index (χ4v) is 1.86. The molecule has 0 spiro atoms. The maximum Gasteiger partial charge on any atom is 0.191 e. The summed E-state index contributed by atoms with van der Waals surface area (Å²) < 4.78 is 10.9. The minimum Gasteiger partial charge on any atom is -0.493 e. The summed E-state index contributed by atoms with van der Waals surface area (Å²) in [7, 11) is 3.43. The second kappa shape index (κ2) is 11.4. The average Bonchev–Trinajstić information content (AvgIpc) is 2.51. The largest absolute Gasteiger partial charge is 0.493 e. The predicted molar refractivity (Wildman–Crippen MR) is 107 cm³/mol. The molecule has 0 aromatic heterocycles. The Morgan fingerprint density at radius 3 is 2.43 bits per heavy atom. The van der Waals surface area contributed by atoms with Crippen molar-refractivity contribution in [1.29, 1.82) is 0 Å². The fraction of sp³-hybridized carbons (Fsp3) is 0.588. The summed E-state index contributed by atoms with van der Waals surface area (Å²) in [5.74, 6) is 2.86. The van der Waals surface area contributed by atoms with Gasteiger partial charge in [0.25, 0.3) is 0 Å². The van der Waals surface area contributed by atoms with Gasteiger partial charge in [0.1, 0.15) is 0 Å². The van der Waals surface area contributed by atoms with E-state index in [9.17, 15) is 0 Å². The van der Waals surface area contributed by atoms with E-state index in [1.54, 1.807) is 14.2 Å². The van der Waals surface area contributed by atoms with E-state index in [0.717, 1.165) is 23.0 Å². The van der Waals surface area contributed by atoms with Gasteiger partial charge in [-0.2, -0.15) is 0 Å². The molecule has 0 amide bonds. The van der Waals surface area contributed by atoms with Crippen molar-refractivity contribution in [3.05, 3.63) is 23.8 Å². The zero-order chi connectivity index (χ0) is 16.5. The molecular formula is C17H30IN3O2. The highest BCUT2D eigenvalue weighted by Gasteiger charge is 2.09. The van der Waals surface area contributed by atoms with E-state index in [-0.39, 0.29) is 24.0 Å². The fourth-order valence-electron chi connectivity index (χ4n) is 1.86. The van der Waals surface area contributed by atoms with E-state index < -0.39 is 0 Å². The van der Waals surface area contributed by atoms with Crippen molar-refractivity contribution in [2.45, 2.75) is 40.3 Å². The van der Waals surface area contributed by atoms with Crippen LogP contribution >= 0.6 is 24.0 Å². The Morgan fingerprint density at radius 2 is 1.91 bits per heavy atom. The number of hydrogen-bond acceptors (Lipinski definition) is 3. The van der Waals surface area contributed by atoms with Crippen molar-refractivity contribution in [2.75, 3.05) is 20.8 Å². The second-order valence-electron chi connectivity index (χ2n) is 5.52. The Hall–Kier alpha value is -1.18. The monoisotopic (exact) mass is 435 g/mol. The molecule has 5 nitrogen and oxygen atoms in total. The van der Waals surface area contributed by atoms with Gasteiger partial charge in [-0.05, 0) is 37.5 Å². The van der Waals surface area contributed by atoms with Crippen LogP contribution in [0.1, 0.15) is 33.3 Å². The number of halogens is 1. The molecule has 0 radical (unpaired) electrons. The van der Waals surface area contributed by atoms with Gasteiger partial charge in [0, 0.05) is 19.6 Å². The van der Waals surface area contributed by atoms with E-state index in [1.165, 1.54) is 0 Å². The van der Waals surface area contributed by atoms with Crippen molar-refractivity contribution in [2.24, 2.45) is 10.9 Å². The lowest BCUT2D eigenvalue weighted by Gasteiger charge is -2.21. The summed E-state index contributed by atoms with van der Waals surface area (Å²) in [4.78, 5) is 4.26. The van der Waals surface area contributed by atoms with Crippen molar-refractivity contribution in [3.8, 4) is 11.5 Å². The van der Waals surface area contributed by atoms with Gasteiger partial charge in [0.15, 0.2) is 17.5 Å². The molecule has 0 aliphatic carbocycles. The first-order valence-corrected chi connectivity index (χ1v) is 7.78. The quantitative estimate of drug-likeness (QED) is 0.392. The molecule has 0 aliphatic rings. The average molecular weight is 435 g/mol. The summed E-state index contributed by atoms with van der Waals surface area (Å²) >= 11 is 0. The number of benzene rings is 1. The van der Waals surface area contributed by atoms with Crippen LogP contribution in [0, 0.1) is 5.92 Å². The Balaban J connectivity index is 0.00000484. The first-order valence-electron chi connectivity index (χ1n) is 7.78. The molecule has 0 saturated carbocycles. The van der Waals surface area contributed by atoms with Gasteiger partial charge in [0.05, 0.1) is 13.7 Å². The highest BCUT2D eigenvalue weighted by Crippen LogP contribution is 2.27. The SMILES string of the molecule is CCOc1cc(CNC(=NC)NC(C)C(C)C)ccc1OC.I. The molecule has 0 bridgehead atoms. The van der Waals surface area contributed by atoms with Crippen LogP contribution in [-0.2, 0) is 6.54 Å². The molecule has 1 unspecified atom stereocenters. The van der Waals surface area contributed by atoms with E-state index in [2.05, 4.69) is 36.4 Å². The molecule has 23 heavy (non-hydrogen) atoms. The second-order valence-corrected chi connectivity index (χ2v) is 5.52. The summed E-state index contributed by atoms with van der Waals surface area (Å²) in [6.07, 6.45) is 0. The van der Waals surface area contributed by atoms with Gasteiger partial charge in [-0.15, -0.1) is 24.0 Å². The summed E-state index contributed by atoms with van der Waals surface area (Å²) in [5.41, 5.74) is 1.12. The molecule has 6 heteroatoms. The molecule has 2 N–H and O–H groups in total. The third kappa shape index (κ3) is 7.28. The lowest BCUT2D eigenvalue weighted by atomic mass is 10.1. The number of ether oxygens (including phenoxy) is 2. The Labute approximate surface area is 157 Å². The van der Waals surface area contributed by atoms with Crippen LogP contribution in [0.3, 0.4) is 0 Å². The standard InChI is InChI=1S/C17H29N3O2.HI/c1-7-22-16-10-14(8-9-15(16)21-6)11-19-17(18-5)20-13(4)12(2)3;/h8-10,12-13H,7,11H2,1-6H3,(H2,18,19,20);1H. The molecule has 1 aromatic carbocycles. The number of rotatable bonds is 7. The van der Waals surface area contributed by atoms with Crippen molar-refractivity contribution in [3.63, 3.8) is 0 Å². The van der Waals surface area contributed by atoms with Gasteiger partial charge < -0.3 is 20.1 Å². The Morgan fingerprint density at radius 1 is 1.22 bits per heavy atom. The number of nitrogens with one attached hydrogen (secondary N) is 2. The summed E-state index contributed by atoms with van der Waals surface area (Å²) in [6.45, 7) is 9.77. The molecule has 132 valence electrons. The number of aliphatic imine (C=N–C) groups is 1. The molecular weight excluding hydrogens is 405 g/mol.